The number of benzene rings is 1. The maximum absolute atomic E-state index is 11.3. The van der Waals surface area contributed by atoms with Crippen LogP contribution in [0.15, 0.2) is 18.2 Å². The van der Waals surface area contributed by atoms with E-state index in [0.29, 0.717) is 6.54 Å². The summed E-state index contributed by atoms with van der Waals surface area (Å²) in [5.41, 5.74) is 2.16. The molecule has 1 rings (SSSR count). The summed E-state index contributed by atoms with van der Waals surface area (Å²) < 4.78 is 5.24. The van der Waals surface area contributed by atoms with Gasteiger partial charge >= 0.3 is 0 Å². The summed E-state index contributed by atoms with van der Waals surface area (Å²) in [5, 5.41) is 11.4. The van der Waals surface area contributed by atoms with Gasteiger partial charge in [-0.1, -0.05) is 19.1 Å². The standard InChI is InChI=1S/C13H19NO3/c1-3-10-4-5-12(17-2)11(8-10)9-14-13(16)6-7-15/h4-5,8,15H,3,6-7,9H2,1-2H3,(H,14,16). The van der Waals surface area contributed by atoms with Gasteiger partial charge in [-0.2, -0.15) is 0 Å². The van der Waals surface area contributed by atoms with Gasteiger partial charge in [-0.25, -0.2) is 0 Å². The number of aliphatic hydroxyl groups is 1. The van der Waals surface area contributed by atoms with Gasteiger partial charge in [0.15, 0.2) is 0 Å². The number of hydrogen-bond donors (Lipinski definition) is 2. The van der Waals surface area contributed by atoms with Crippen molar-refractivity contribution in [3.63, 3.8) is 0 Å². The Morgan fingerprint density at radius 1 is 1.47 bits per heavy atom. The Kier molecular flexibility index (Phi) is 5.49. The van der Waals surface area contributed by atoms with Gasteiger partial charge in [-0.05, 0) is 18.1 Å². The average Bonchev–Trinajstić information content (AvgIpc) is 2.36. The Bertz CT molecular complexity index is 377. The van der Waals surface area contributed by atoms with Crippen molar-refractivity contribution in [1.29, 1.82) is 0 Å². The fourth-order valence-corrected chi connectivity index (χ4v) is 1.57. The fraction of sp³-hybridized carbons (Fsp3) is 0.462. The molecule has 0 atom stereocenters. The van der Waals surface area contributed by atoms with Crippen molar-refractivity contribution in [3.8, 4) is 5.75 Å². The molecular weight excluding hydrogens is 218 g/mol. The van der Waals surface area contributed by atoms with E-state index in [0.717, 1.165) is 17.7 Å². The lowest BCUT2D eigenvalue weighted by molar-refractivity contribution is -0.121. The molecule has 0 unspecified atom stereocenters. The minimum absolute atomic E-state index is 0.127. The van der Waals surface area contributed by atoms with E-state index >= 15 is 0 Å². The van der Waals surface area contributed by atoms with Crippen LogP contribution in [0.4, 0.5) is 0 Å². The Hall–Kier alpha value is -1.55. The quantitative estimate of drug-likeness (QED) is 0.783. The third kappa shape index (κ3) is 4.07. The molecule has 1 aromatic carbocycles. The van der Waals surface area contributed by atoms with Crippen molar-refractivity contribution in [2.45, 2.75) is 26.3 Å². The van der Waals surface area contributed by atoms with Gasteiger partial charge in [0, 0.05) is 18.5 Å². The monoisotopic (exact) mass is 237 g/mol. The first kappa shape index (κ1) is 13.5. The Balaban J connectivity index is 2.70. The van der Waals surface area contributed by atoms with Crippen LogP contribution in [0, 0.1) is 0 Å². The molecule has 0 spiro atoms. The number of rotatable bonds is 6. The highest BCUT2D eigenvalue weighted by molar-refractivity contribution is 5.76. The van der Waals surface area contributed by atoms with Crippen LogP contribution in [0.3, 0.4) is 0 Å². The minimum Gasteiger partial charge on any atom is -0.496 e. The zero-order valence-electron chi connectivity index (χ0n) is 10.3. The summed E-state index contributed by atoms with van der Waals surface area (Å²) in [6.45, 7) is 2.38. The maximum atomic E-state index is 11.3. The van der Waals surface area contributed by atoms with Crippen LogP contribution >= 0.6 is 0 Å². The van der Waals surface area contributed by atoms with E-state index < -0.39 is 0 Å². The zero-order chi connectivity index (χ0) is 12.7. The lowest BCUT2D eigenvalue weighted by Gasteiger charge is -2.11. The number of carbonyl (C=O) groups is 1. The van der Waals surface area contributed by atoms with Crippen LogP contribution in [0.2, 0.25) is 0 Å². The van der Waals surface area contributed by atoms with E-state index in [1.165, 1.54) is 5.56 Å². The number of ether oxygens (including phenoxy) is 1. The highest BCUT2D eigenvalue weighted by Crippen LogP contribution is 2.20. The molecule has 0 aliphatic carbocycles. The third-order valence-corrected chi connectivity index (χ3v) is 2.57. The fourth-order valence-electron chi connectivity index (χ4n) is 1.57. The molecule has 0 saturated heterocycles. The summed E-state index contributed by atoms with van der Waals surface area (Å²) >= 11 is 0. The topological polar surface area (TPSA) is 58.6 Å². The number of hydrogen-bond acceptors (Lipinski definition) is 3. The Labute approximate surface area is 102 Å². The van der Waals surface area contributed by atoms with Crippen molar-refractivity contribution in [1.82, 2.24) is 5.32 Å². The van der Waals surface area contributed by atoms with Crippen LogP contribution in [0.25, 0.3) is 0 Å². The normalized spacial score (nSPS) is 10.1. The van der Waals surface area contributed by atoms with Gasteiger partial charge in [0.25, 0.3) is 0 Å². The second kappa shape index (κ2) is 6.91. The van der Waals surface area contributed by atoms with Crippen LogP contribution in [-0.4, -0.2) is 24.7 Å². The molecule has 0 fully saturated rings. The molecule has 1 amide bonds. The predicted molar refractivity (Wildman–Crippen MR) is 65.9 cm³/mol. The molecule has 4 heteroatoms. The molecule has 0 heterocycles. The van der Waals surface area contributed by atoms with Gasteiger partial charge in [0.2, 0.25) is 5.91 Å². The molecule has 0 aliphatic rings. The molecule has 4 nitrogen and oxygen atoms in total. The smallest absolute Gasteiger partial charge is 0.222 e. The largest absolute Gasteiger partial charge is 0.496 e. The number of aliphatic hydroxyl groups excluding tert-OH is 1. The van der Waals surface area contributed by atoms with Crippen molar-refractivity contribution in [3.05, 3.63) is 29.3 Å². The highest BCUT2D eigenvalue weighted by atomic mass is 16.5. The van der Waals surface area contributed by atoms with Crippen molar-refractivity contribution in [2.24, 2.45) is 0 Å². The van der Waals surface area contributed by atoms with E-state index in [2.05, 4.69) is 12.2 Å². The maximum Gasteiger partial charge on any atom is 0.222 e. The summed E-state index contributed by atoms with van der Waals surface area (Å²) in [7, 11) is 1.61. The molecule has 1 aromatic rings. The van der Waals surface area contributed by atoms with Crippen LogP contribution in [-0.2, 0) is 17.8 Å². The van der Waals surface area contributed by atoms with Crippen LogP contribution < -0.4 is 10.1 Å². The molecule has 0 radical (unpaired) electrons. The van der Waals surface area contributed by atoms with Gasteiger partial charge in [-0.3, -0.25) is 4.79 Å². The molecule has 17 heavy (non-hydrogen) atoms. The number of aryl methyl sites for hydroxylation is 1. The highest BCUT2D eigenvalue weighted by Gasteiger charge is 2.06. The summed E-state index contributed by atoms with van der Waals surface area (Å²) in [4.78, 5) is 11.3. The molecular formula is C13H19NO3. The third-order valence-electron chi connectivity index (χ3n) is 2.57. The van der Waals surface area contributed by atoms with E-state index in [-0.39, 0.29) is 18.9 Å². The SMILES string of the molecule is CCc1ccc(OC)c(CNC(=O)CCO)c1. The number of carbonyl (C=O) groups excluding carboxylic acids is 1. The van der Waals surface area contributed by atoms with E-state index in [1.807, 2.05) is 18.2 Å². The summed E-state index contributed by atoms with van der Waals surface area (Å²) in [6, 6.07) is 5.95. The predicted octanol–water partition coefficient (Wildman–Crippen LogP) is 1.26. The average molecular weight is 237 g/mol. The molecule has 94 valence electrons. The van der Waals surface area contributed by atoms with Crippen molar-refractivity contribution >= 4 is 5.91 Å². The molecule has 0 aromatic heterocycles. The molecule has 2 N–H and O–H groups in total. The summed E-state index contributed by atoms with van der Waals surface area (Å²) in [6.07, 6.45) is 1.08. The van der Waals surface area contributed by atoms with E-state index in [9.17, 15) is 4.79 Å². The van der Waals surface area contributed by atoms with Crippen molar-refractivity contribution in [2.75, 3.05) is 13.7 Å². The van der Waals surface area contributed by atoms with Crippen molar-refractivity contribution < 1.29 is 14.6 Å². The molecule has 0 bridgehead atoms. The van der Waals surface area contributed by atoms with E-state index in [1.54, 1.807) is 7.11 Å². The van der Waals surface area contributed by atoms with Gasteiger partial charge in [-0.15, -0.1) is 0 Å². The first-order valence-corrected chi connectivity index (χ1v) is 5.74. The molecule has 0 saturated carbocycles. The lowest BCUT2D eigenvalue weighted by atomic mass is 10.1. The second-order valence-electron chi connectivity index (χ2n) is 3.75. The summed E-state index contributed by atoms with van der Waals surface area (Å²) in [5.74, 6) is 0.614. The Morgan fingerprint density at radius 3 is 2.82 bits per heavy atom. The number of methoxy groups -OCH3 is 1. The minimum atomic E-state index is -0.156. The van der Waals surface area contributed by atoms with Crippen LogP contribution in [0.1, 0.15) is 24.5 Å². The van der Waals surface area contributed by atoms with Gasteiger partial charge in [0.1, 0.15) is 5.75 Å². The number of amides is 1. The first-order valence-electron chi connectivity index (χ1n) is 5.74. The lowest BCUT2D eigenvalue weighted by Crippen LogP contribution is -2.23. The first-order chi connectivity index (χ1) is 8.21. The Morgan fingerprint density at radius 2 is 2.24 bits per heavy atom. The van der Waals surface area contributed by atoms with Crippen LogP contribution in [0.5, 0.6) is 5.75 Å². The van der Waals surface area contributed by atoms with Gasteiger partial charge in [0.05, 0.1) is 13.7 Å². The second-order valence-corrected chi connectivity index (χ2v) is 3.75. The van der Waals surface area contributed by atoms with Gasteiger partial charge < -0.3 is 15.2 Å². The zero-order valence-corrected chi connectivity index (χ0v) is 10.3. The number of nitrogens with one attached hydrogen (secondary N) is 1. The van der Waals surface area contributed by atoms with E-state index in [4.69, 9.17) is 9.84 Å². The molecule has 0 aliphatic heterocycles.